The van der Waals surface area contributed by atoms with Gasteiger partial charge in [-0.15, -0.1) is 0 Å². The number of furan rings is 2. The van der Waals surface area contributed by atoms with E-state index in [0.29, 0.717) is 21.7 Å². The molecule has 2 amide bonds. The fourth-order valence-corrected chi connectivity index (χ4v) is 2.86. The van der Waals surface area contributed by atoms with Crippen LogP contribution in [0, 0.1) is 0 Å². The molecule has 2 aromatic carbocycles. The van der Waals surface area contributed by atoms with E-state index in [2.05, 4.69) is 10.6 Å². The summed E-state index contributed by atoms with van der Waals surface area (Å²) in [6, 6.07) is 16.9. The Bertz CT molecular complexity index is 1130. The van der Waals surface area contributed by atoms with Crippen LogP contribution in [0.15, 0.2) is 75.8 Å². The first-order chi connectivity index (χ1) is 13.1. The monoisotopic (exact) mass is 380 g/mol. The van der Waals surface area contributed by atoms with Crippen molar-refractivity contribution in [1.29, 1.82) is 0 Å². The molecule has 134 valence electrons. The van der Waals surface area contributed by atoms with Crippen LogP contribution in [-0.2, 0) is 0 Å². The van der Waals surface area contributed by atoms with E-state index in [-0.39, 0.29) is 17.2 Å². The van der Waals surface area contributed by atoms with E-state index < -0.39 is 11.8 Å². The van der Waals surface area contributed by atoms with E-state index in [4.69, 9.17) is 20.4 Å². The van der Waals surface area contributed by atoms with Gasteiger partial charge in [-0.3, -0.25) is 9.59 Å². The number of rotatable bonds is 4. The standard InChI is InChI=1S/C20H13ClN2O4/c21-12-5-3-6-13(11-12)22-20(25)18-17(14-7-1-2-8-15(14)27-18)23-19(24)16-9-4-10-26-16/h1-11H,(H,22,25)(H,23,24). The number of anilines is 2. The lowest BCUT2D eigenvalue weighted by Crippen LogP contribution is -2.16. The molecule has 0 radical (unpaired) electrons. The van der Waals surface area contributed by atoms with Crippen molar-refractivity contribution >= 4 is 45.8 Å². The summed E-state index contributed by atoms with van der Waals surface area (Å²) >= 11 is 5.95. The molecule has 0 aliphatic rings. The minimum Gasteiger partial charge on any atom is -0.459 e. The zero-order valence-electron chi connectivity index (χ0n) is 13.9. The lowest BCUT2D eigenvalue weighted by atomic mass is 10.2. The molecule has 6 nitrogen and oxygen atoms in total. The SMILES string of the molecule is O=C(Nc1c(C(=O)Nc2cccc(Cl)c2)oc2ccccc12)c1ccco1. The van der Waals surface area contributed by atoms with E-state index in [9.17, 15) is 9.59 Å². The second-order valence-electron chi connectivity index (χ2n) is 5.70. The summed E-state index contributed by atoms with van der Waals surface area (Å²) in [6.45, 7) is 0. The molecule has 27 heavy (non-hydrogen) atoms. The van der Waals surface area contributed by atoms with E-state index in [1.54, 1.807) is 54.6 Å². The van der Waals surface area contributed by atoms with Gasteiger partial charge in [-0.25, -0.2) is 0 Å². The molecule has 0 bridgehead atoms. The Kier molecular flexibility index (Phi) is 4.40. The van der Waals surface area contributed by atoms with Crippen LogP contribution < -0.4 is 10.6 Å². The van der Waals surface area contributed by atoms with Crippen molar-refractivity contribution in [2.24, 2.45) is 0 Å². The lowest BCUT2D eigenvalue weighted by Gasteiger charge is -2.06. The Balaban J connectivity index is 1.71. The molecule has 0 unspecified atom stereocenters. The smallest absolute Gasteiger partial charge is 0.293 e. The zero-order chi connectivity index (χ0) is 18.8. The number of hydrogen-bond donors (Lipinski definition) is 2. The van der Waals surface area contributed by atoms with Crippen molar-refractivity contribution in [3.63, 3.8) is 0 Å². The molecule has 0 aliphatic carbocycles. The van der Waals surface area contributed by atoms with Crippen molar-refractivity contribution in [2.75, 3.05) is 10.6 Å². The number of para-hydroxylation sites is 1. The molecule has 0 fully saturated rings. The Morgan fingerprint density at radius 1 is 0.889 bits per heavy atom. The summed E-state index contributed by atoms with van der Waals surface area (Å²) < 4.78 is 10.8. The third-order valence-electron chi connectivity index (χ3n) is 3.87. The molecule has 4 rings (SSSR count). The van der Waals surface area contributed by atoms with Gasteiger partial charge in [-0.2, -0.15) is 0 Å². The van der Waals surface area contributed by atoms with E-state index in [0.717, 1.165) is 0 Å². The van der Waals surface area contributed by atoms with Gasteiger partial charge < -0.3 is 19.5 Å². The van der Waals surface area contributed by atoms with Gasteiger partial charge >= 0.3 is 0 Å². The molecule has 4 aromatic rings. The average molecular weight is 381 g/mol. The van der Waals surface area contributed by atoms with Crippen LogP contribution in [0.4, 0.5) is 11.4 Å². The Hall–Kier alpha value is -3.51. The van der Waals surface area contributed by atoms with E-state index in [1.165, 1.54) is 12.3 Å². The summed E-state index contributed by atoms with van der Waals surface area (Å²) in [5.41, 5.74) is 1.26. The first-order valence-electron chi connectivity index (χ1n) is 8.05. The van der Waals surface area contributed by atoms with Gasteiger partial charge in [0.1, 0.15) is 11.3 Å². The Morgan fingerprint density at radius 2 is 1.74 bits per heavy atom. The van der Waals surface area contributed by atoms with Gasteiger partial charge in [0.2, 0.25) is 5.76 Å². The molecule has 0 saturated heterocycles. The first-order valence-corrected chi connectivity index (χ1v) is 8.43. The van der Waals surface area contributed by atoms with Crippen molar-refractivity contribution in [3.8, 4) is 0 Å². The molecular weight excluding hydrogens is 368 g/mol. The van der Waals surface area contributed by atoms with Crippen LogP contribution >= 0.6 is 11.6 Å². The van der Waals surface area contributed by atoms with Gasteiger partial charge in [0.15, 0.2) is 5.76 Å². The van der Waals surface area contributed by atoms with Gasteiger partial charge in [-0.05, 0) is 42.5 Å². The molecule has 0 spiro atoms. The molecule has 0 aliphatic heterocycles. The van der Waals surface area contributed by atoms with Crippen LogP contribution in [0.5, 0.6) is 0 Å². The number of hydrogen-bond acceptors (Lipinski definition) is 4. The van der Waals surface area contributed by atoms with Crippen LogP contribution in [0.25, 0.3) is 11.0 Å². The maximum Gasteiger partial charge on any atom is 0.293 e. The number of carbonyl (C=O) groups is 2. The van der Waals surface area contributed by atoms with Crippen molar-refractivity contribution < 1.29 is 18.4 Å². The normalized spacial score (nSPS) is 10.7. The predicted molar refractivity (Wildman–Crippen MR) is 102 cm³/mol. The molecule has 0 saturated carbocycles. The number of halogens is 1. The maximum atomic E-state index is 12.8. The number of nitrogens with one attached hydrogen (secondary N) is 2. The second-order valence-corrected chi connectivity index (χ2v) is 6.13. The molecule has 2 N–H and O–H groups in total. The summed E-state index contributed by atoms with van der Waals surface area (Å²) in [5, 5.41) is 6.51. The fraction of sp³-hybridized carbons (Fsp3) is 0. The van der Waals surface area contributed by atoms with Crippen molar-refractivity contribution in [1.82, 2.24) is 0 Å². The minimum absolute atomic E-state index is 0.0175. The quantitative estimate of drug-likeness (QED) is 0.510. The molecule has 0 atom stereocenters. The van der Waals surface area contributed by atoms with Gasteiger partial charge in [0, 0.05) is 16.1 Å². The highest BCUT2D eigenvalue weighted by Crippen LogP contribution is 2.32. The van der Waals surface area contributed by atoms with E-state index >= 15 is 0 Å². The third-order valence-corrected chi connectivity index (χ3v) is 4.10. The van der Waals surface area contributed by atoms with Crippen molar-refractivity contribution in [3.05, 3.63) is 83.5 Å². The second kappa shape index (κ2) is 7.01. The molecule has 7 heteroatoms. The van der Waals surface area contributed by atoms with E-state index in [1.807, 2.05) is 0 Å². The highest BCUT2D eigenvalue weighted by Gasteiger charge is 2.23. The number of fused-ring (bicyclic) bond motifs is 1. The molecule has 2 aromatic heterocycles. The zero-order valence-corrected chi connectivity index (χ0v) is 14.6. The Morgan fingerprint density at radius 3 is 2.52 bits per heavy atom. The fourth-order valence-electron chi connectivity index (χ4n) is 2.67. The van der Waals surface area contributed by atoms with Crippen LogP contribution in [-0.4, -0.2) is 11.8 Å². The number of carbonyl (C=O) groups excluding carboxylic acids is 2. The number of amides is 2. The Labute approximate surface area is 158 Å². The van der Waals surface area contributed by atoms with Crippen molar-refractivity contribution in [2.45, 2.75) is 0 Å². The predicted octanol–water partition coefficient (Wildman–Crippen LogP) is 5.18. The first kappa shape index (κ1) is 16.9. The third kappa shape index (κ3) is 3.43. The van der Waals surface area contributed by atoms with Gasteiger partial charge in [-0.1, -0.05) is 29.8 Å². The summed E-state index contributed by atoms with van der Waals surface area (Å²) in [5.74, 6) is -0.885. The molecule has 2 heterocycles. The van der Waals surface area contributed by atoms with Crippen LogP contribution in [0.1, 0.15) is 21.1 Å². The summed E-state index contributed by atoms with van der Waals surface area (Å²) in [6.07, 6.45) is 1.40. The minimum atomic E-state index is -0.511. The number of benzene rings is 2. The highest BCUT2D eigenvalue weighted by atomic mass is 35.5. The summed E-state index contributed by atoms with van der Waals surface area (Å²) in [4.78, 5) is 25.2. The van der Waals surface area contributed by atoms with Gasteiger partial charge in [0.25, 0.3) is 11.8 Å². The summed E-state index contributed by atoms with van der Waals surface area (Å²) in [7, 11) is 0. The largest absolute Gasteiger partial charge is 0.459 e. The van der Waals surface area contributed by atoms with Gasteiger partial charge in [0.05, 0.1) is 6.26 Å². The van der Waals surface area contributed by atoms with Crippen LogP contribution in [0.2, 0.25) is 5.02 Å². The maximum absolute atomic E-state index is 12.8. The highest BCUT2D eigenvalue weighted by molar-refractivity contribution is 6.31. The van der Waals surface area contributed by atoms with Crippen LogP contribution in [0.3, 0.4) is 0 Å². The lowest BCUT2D eigenvalue weighted by molar-refractivity contribution is 0.0996. The molecular formula is C20H13ClN2O4. The topological polar surface area (TPSA) is 84.5 Å². The average Bonchev–Trinajstić information content (AvgIpc) is 3.30.